The molecular formula is C19H16N2O3. The SMILES string of the molecule is O=C(N[C@@H](Cc1ccc2ccccc2c1)C(=O)O)c1ccccn1. The molecule has 5 nitrogen and oxygen atoms in total. The molecule has 3 rings (SSSR count). The molecule has 1 amide bonds. The summed E-state index contributed by atoms with van der Waals surface area (Å²) in [7, 11) is 0. The van der Waals surface area contributed by atoms with Crippen molar-refractivity contribution in [2.45, 2.75) is 12.5 Å². The predicted molar refractivity (Wildman–Crippen MR) is 90.8 cm³/mol. The number of hydrogen-bond acceptors (Lipinski definition) is 3. The lowest BCUT2D eigenvalue weighted by molar-refractivity contribution is -0.139. The number of aliphatic carboxylic acids is 1. The second-order valence-corrected chi connectivity index (χ2v) is 5.46. The van der Waals surface area contributed by atoms with Gasteiger partial charge in [0.25, 0.3) is 5.91 Å². The van der Waals surface area contributed by atoms with Crippen LogP contribution in [0.1, 0.15) is 16.1 Å². The predicted octanol–water partition coefficient (Wildman–Crippen LogP) is 2.66. The number of carboxylic acid groups (broad SMARTS) is 1. The van der Waals surface area contributed by atoms with Gasteiger partial charge >= 0.3 is 5.97 Å². The maximum Gasteiger partial charge on any atom is 0.326 e. The Hall–Kier alpha value is -3.21. The van der Waals surface area contributed by atoms with Gasteiger partial charge in [0.05, 0.1) is 0 Å². The third-order valence-electron chi connectivity index (χ3n) is 3.75. The summed E-state index contributed by atoms with van der Waals surface area (Å²) in [5.74, 6) is -1.57. The Balaban J connectivity index is 1.78. The Morgan fingerprint density at radius 1 is 1.00 bits per heavy atom. The molecule has 5 heteroatoms. The highest BCUT2D eigenvalue weighted by atomic mass is 16.4. The fraction of sp³-hybridized carbons (Fsp3) is 0.105. The summed E-state index contributed by atoms with van der Waals surface area (Å²) in [5, 5.41) is 14.1. The van der Waals surface area contributed by atoms with Crippen molar-refractivity contribution >= 4 is 22.6 Å². The summed E-state index contributed by atoms with van der Waals surface area (Å²) in [5.41, 5.74) is 1.05. The highest BCUT2D eigenvalue weighted by molar-refractivity contribution is 5.95. The molecule has 1 aromatic heterocycles. The second-order valence-electron chi connectivity index (χ2n) is 5.46. The van der Waals surface area contributed by atoms with E-state index in [9.17, 15) is 14.7 Å². The summed E-state index contributed by atoms with van der Waals surface area (Å²) in [6.07, 6.45) is 1.70. The number of amides is 1. The van der Waals surface area contributed by atoms with Gasteiger partial charge in [-0.05, 0) is 28.5 Å². The molecule has 0 aliphatic carbocycles. The number of hydrogen-bond donors (Lipinski definition) is 2. The van der Waals surface area contributed by atoms with E-state index in [1.807, 2.05) is 42.5 Å². The highest BCUT2D eigenvalue weighted by Gasteiger charge is 2.21. The smallest absolute Gasteiger partial charge is 0.326 e. The van der Waals surface area contributed by atoms with Crippen LogP contribution in [0.3, 0.4) is 0 Å². The average Bonchev–Trinajstić information content (AvgIpc) is 2.61. The monoisotopic (exact) mass is 320 g/mol. The number of carboxylic acids is 1. The standard InChI is InChI=1S/C19H16N2O3/c22-18(16-7-3-4-10-20-16)21-17(19(23)24)12-13-8-9-14-5-1-2-6-15(14)11-13/h1-11,17H,12H2,(H,21,22)(H,23,24)/t17-/m0/s1. The van der Waals surface area contributed by atoms with Crippen molar-refractivity contribution in [2.24, 2.45) is 0 Å². The molecule has 0 bridgehead atoms. The fourth-order valence-electron chi connectivity index (χ4n) is 2.53. The number of carbonyl (C=O) groups is 2. The van der Waals surface area contributed by atoms with Crippen LogP contribution < -0.4 is 5.32 Å². The molecule has 2 N–H and O–H groups in total. The number of aromatic nitrogens is 1. The molecule has 1 heterocycles. The Morgan fingerprint density at radius 2 is 1.75 bits per heavy atom. The molecule has 0 fully saturated rings. The highest BCUT2D eigenvalue weighted by Crippen LogP contribution is 2.17. The molecule has 3 aromatic rings. The van der Waals surface area contributed by atoms with E-state index >= 15 is 0 Å². The van der Waals surface area contributed by atoms with Gasteiger partial charge in [-0.15, -0.1) is 0 Å². The number of nitrogens with zero attached hydrogens (tertiary/aromatic N) is 1. The van der Waals surface area contributed by atoms with Crippen LogP contribution in [0.5, 0.6) is 0 Å². The fourth-order valence-corrected chi connectivity index (χ4v) is 2.53. The van der Waals surface area contributed by atoms with E-state index in [0.717, 1.165) is 16.3 Å². The van der Waals surface area contributed by atoms with Crippen molar-refractivity contribution < 1.29 is 14.7 Å². The maximum atomic E-state index is 12.1. The van der Waals surface area contributed by atoms with Crippen LogP contribution >= 0.6 is 0 Å². The van der Waals surface area contributed by atoms with E-state index in [1.54, 1.807) is 18.2 Å². The van der Waals surface area contributed by atoms with Gasteiger partial charge in [-0.1, -0.05) is 48.5 Å². The summed E-state index contributed by atoms with van der Waals surface area (Å²) in [4.78, 5) is 27.6. The van der Waals surface area contributed by atoms with E-state index < -0.39 is 17.9 Å². The molecule has 0 unspecified atom stereocenters. The molecule has 0 saturated heterocycles. The third-order valence-corrected chi connectivity index (χ3v) is 3.75. The number of pyridine rings is 1. The summed E-state index contributed by atoms with van der Waals surface area (Å²) >= 11 is 0. The first kappa shape index (κ1) is 15.7. The van der Waals surface area contributed by atoms with Gasteiger partial charge in [0.2, 0.25) is 0 Å². The van der Waals surface area contributed by atoms with Crippen LogP contribution in [0.25, 0.3) is 10.8 Å². The largest absolute Gasteiger partial charge is 0.480 e. The molecule has 24 heavy (non-hydrogen) atoms. The van der Waals surface area contributed by atoms with Crippen molar-refractivity contribution in [2.75, 3.05) is 0 Å². The number of fused-ring (bicyclic) bond motifs is 1. The molecule has 0 spiro atoms. The molecule has 0 saturated carbocycles. The lowest BCUT2D eigenvalue weighted by Gasteiger charge is -2.14. The minimum absolute atomic E-state index is 0.197. The van der Waals surface area contributed by atoms with E-state index in [0.29, 0.717) is 0 Å². The number of carbonyl (C=O) groups excluding carboxylic acids is 1. The number of benzene rings is 2. The first-order chi connectivity index (χ1) is 11.6. The summed E-state index contributed by atoms with van der Waals surface area (Å²) in [6.45, 7) is 0. The van der Waals surface area contributed by atoms with Crippen molar-refractivity contribution in [1.82, 2.24) is 10.3 Å². The summed E-state index contributed by atoms with van der Waals surface area (Å²) < 4.78 is 0. The van der Waals surface area contributed by atoms with Crippen LogP contribution in [0, 0.1) is 0 Å². The van der Waals surface area contributed by atoms with E-state index in [4.69, 9.17) is 0 Å². The Morgan fingerprint density at radius 3 is 2.46 bits per heavy atom. The minimum atomic E-state index is -1.08. The summed E-state index contributed by atoms with van der Waals surface area (Å²) in [6, 6.07) is 17.5. The Labute approximate surface area is 139 Å². The van der Waals surface area contributed by atoms with Crippen LogP contribution in [-0.2, 0) is 11.2 Å². The number of nitrogens with one attached hydrogen (secondary N) is 1. The molecule has 0 aliphatic rings. The van der Waals surface area contributed by atoms with Crippen molar-refractivity contribution in [3.05, 3.63) is 78.1 Å². The normalized spacial score (nSPS) is 11.8. The van der Waals surface area contributed by atoms with Crippen molar-refractivity contribution in [3.63, 3.8) is 0 Å². The zero-order valence-electron chi connectivity index (χ0n) is 12.8. The molecule has 2 aromatic carbocycles. The molecule has 1 atom stereocenters. The second kappa shape index (κ2) is 6.91. The van der Waals surface area contributed by atoms with Crippen LogP contribution in [0.4, 0.5) is 0 Å². The van der Waals surface area contributed by atoms with Gasteiger partial charge in [-0.25, -0.2) is 4.79 Å². The minimum Gasteiger partial charge on any atom is -0.480 e. The van der Waals surface area contributed by atoms with Gasteiger partial charge in [0.1, 0.15) is 11.7 Å². The quantitative estimate of drug-likeness (QED) is 0.757. The first-order valence-electron chi connectivity index (χ1n) is 7.56. The first-order valence-corrected chi connectivity index (χ1v) is 7.56. The van der Waals surface area contributed by atoms with Crippen LogP contribution in [-0.4, -0.2) is 28.0 Å². The third kappa shape index (κ3) is 3.57. The molecule has 0 aliphatic heterocycles. The van der Waals surface area contributed by atoms with Crippen LogP contribution in [0.2, 0.25) is 0 Å². The zero-order chi connectivity index (χ0) is 16.9. The van der Waals surface area contributed by atoms with Crippen molar-refractivity contribution in [3.8, 4) is 0 Å². The van der Waals surface area contributed by atoms with Crippen LogP contribution in [0.15, 0.2) is 66.9 Å². The lowest BCUT2D eigenvalue weighted by atomic mass is 10.0. The van der Waals surface area contributed by atoms with Crippen molar-refractivity contribution in [1.29, 1.82) is 0 Å². The van der Waals surface area contributed by atoms with Gasteiger partial charge < -0.3 is 10.4 Å². The molecule has 0 radical (unpaired) electrons. The Kier molecular flexibility index (Phi) is 4.52. The van der Waals surface area contributed by atoms with Gasteiger partial charge in [0, 0.05) is 12.6 Å². The van der Waals surface area contributed by atoms with E-state index in [2.05, 4.69) is 10.3 Å². The molecule has 120 valence electrons. The topological polar surface area (TPSA) is 79.3 Å². The van der Waals surface area contributed by atoms with E-state index in [-0.39, 0.29) is 12.1 Å². The van der Waals surface area contributed by atoms with Gasteiger partial charge in [-0.2, -0.15) is 0 Å². The zero-order valence-corrected chi connectivity index (χ0v) is 12.8. The lowest BCUT2D eigenvalue weighted by Crippen LogP contribution is -2.42. The Bertz CT molecular complexity index is 878. The number of rotatable bonds is 5. The maximum absolute atomic E-state index is 12.1. The average molecular weight is 320 g/mol. The molecular weight excluding hydrogens is 304 g/mol. The van der Waals surface area contributed by atoms with Gasteiger partial charge in [-0.3, -0.25) is 9.78 Å². The van der Waals surface area contributed by atoms with E-state index in [1.165, 1.54) is 6.20 Å². The van der Waals surface area contributed by atoms with Gasteiger partial charge in [0.15, 0.2) is 0 Å².